The molecule has 78 valence electrons. The van der Waals surface area contributed by atoms with Gasteiger partial charge in [-0.3, -0.25) is 9.59 Å². The van der Waals surface area contributed by atoms with Gasteiger partial charge in [0.05, 0.1) is 0 Å². The van der Waals surface area contributed by atoms with Crippen molar-refractivity contribution in [3.63, 3.8) is 0 Å². The zero-order chi connectivity index (χ0) is 10.6. The summed E-state index contributed by atoms with van der Waals surface area (Å²) in [5.74, 6) is -2.88. The van der Waals surface area contributed by atoms with Gasteiger partial charge in [-0.15, -0.1) is 0 Å². The number of aliphatic carboxylic acids is 2. The number of hydrogen-bond acceptors (Lipinski definition) is 2. The summed E-state index contributed by atoms with van der Waals surface area (Å²) in [6.07, 6.45) is 1.40. The molecule has 0 aliphatic carbocycles. The molecule has 0 fully saturated rings. The molecule has 0 aliphatic rings. The van der Waals surface area contributed by atoms with Gasteiger partial charge in [-0.1, -0.05) is 20.3 Å². The van der Waals surface area contributed by atoms with Crippen LogP contribution in [0, 0.1) is 11.3 Å². The number of carboxylic acids is 2. The van der Waals surface area contributed by atoms with Crippen LogP contribution in [0.1, 0.15) is 33.6 Å². The van der Waals surface area contributed by atoms with Crippen LogP contribution in [-0.2, 0) is 9.59 Å². The summed E-state index contributed by atoms with van der Waals surface area (Å²) in [5, 5.41) is 17.6. The first kappa shape index (κ1) is 17.0. The summed E-state index contributed by atoms with van der Waals surface area (Å²) in [4.78, 5) is 21.6. The van der Waals surface area contributed by atoms with Crippen molar-refractivity contribution in [1.82, 2.24) is 0 Å². The quantitative estimate of drug-likeness (QED) is 0.542. The maximum atomic E-state index is 10.8. The zero-order valence-corrected chi connectivity index (χ0v) is 8.20. The van der Waals surface area contributed by atoms with E-state index in [1.165, 1.54) is 6.92 Å². The van der Waals surface area contributed by atoms with Gasteiger partial charge in [0.1, 0.15) is 0 Å². The Morgan fingerprint density at radius 2 is 1.64 bits per heavy atom. The van der Waals surface area contributed by atoms with E-state index in [4.69, 9.17) is 10.2 Å². The maximum absolute atomic E-state index is 10.8. The third-order valence-electron chi connectivity index (χ3n) is 2.60. The van der Waals surface area contributed by atoms with Gasteiger partial charge in [0.25, 0.3) is 0 Å². The number of carboxylic acid groups (broad SMARTS) is 2. The molecule has 4 nitrogen and oxygen atoms in total. The van der Waals surface area contributed by atoms with E-state index in [2.05, 4.69) is 0 Å². The van der Waals surface area contributed by atoms with E-state index in [0.29, 0.717) is 6.42 Å². The van der Waals surface area contributed by atoms with Gasteiger partial charge >= 0.3 is 63.3 Å². The van der Waals surface area contributed by atoms with Gasteiger partial charge < -0.3 is 10.2 Å². The molecule has 0 aromatic heterocycles. The Morgan fingerprint density at radius 3 is 1.86 bits per heavy atom. The molecular weight excluding hydrogens is 211 g/mol. The fraction of sp³-hybridized carbons (Fsp3) is 0.778. The molecule has 0 amide bonds. The molecule has 0 aromatic rings. The molecule has 14 heavy (non-hydrogen) atoms. The van der Waals surface area contributed by atoms with E-state index >= 15 is 0 Å². The van der Waals surface area contributed by atoms with Crippen LogP contribution in [0.2, 0.25) is 0 Å². The summed E-state index contributed by atoms with van der Waals surface area (Å²) in [5.41, 5.74) is -1.66. The van der Waals surface area contributed by atoms with Crippen molar-refractivity contribution in [2.75, 3.05) is 0 Å². The Bertz CT molecular complexity index is 201. The van der Waals surface area contributed by atoms with Crippen molar-refractivity contribution in [2.45, 2.75) is 33.6 Å². The first-order chi connectivity index (χ1) is 5.87. The Kier molecular flexibility index (Phi) is 8.43. The molecule has 0 saturated heterocycles. The van der Waals surface area contributed by atoms with E-state index in [-0.39, 0.29) is 57.3 Å². The van der Waals surface area contributed by atoms with E-state index < -0.39 is 17.4 Å². The standard InChI is InChI=1S/C9H16O4.K.H/c1-4-5-6(2)9(3,7(10)11)8(12)13;;/h6H,4-5H2,1-3H3,(H,10,11)(H,12,13);;. The third kappa shape index (κ3) is 3.62. The monoisotopic (exact) mass is 228 g/mol. The number of hydrogen-bond donors (Lipinski definition) is 2. The van der Waals surface area contributed by atoms with Crippen LogP contribution in [-0.4, -0.2) is 73.5 Å². The predicted molar refractivity (Wildman–Crippen MR) is 54.6 cm³/mol. The number of rotatable bonds is 5. The molecule has 1 unspecified atom stereocenters. The molecule has 0 radical (unpaired) electrons. The van der Waals surface area contributed by atoms with Crippen molar-refractivity contribution in [2.24, 2.45) is 11.3 Å². The fourth-order valence-electron chi connectivity index (χ4n) is 1.23. The first-order valence-corrected chi connectivity index (χ1v) is 4.34. The van der Waals surface area contributed by atoms with E-state index in [9.17, 15) is 9.59 Å². The van der Waals surface area contributed by atoms with Crippen molar-refractivity contribution < 1.29 is 19.8 Å². The number of carbonyl (C=O) groups is 2. The molecule has 0 saturated carbocycles. The molecule has 0 aromatic carbocycles. The molecular formula is C9H17KO4. The molecule has 0 bridgehead atoms. The fourth-order valence-corrected chi connectivity index (χ4v) is 1.23. The summed E-state index contributed by atoms with van der Waals surface area (Å²) in [7, 11) is 0. The molecule has 2 N–H and O–H groups in total. The van der Waals surface area contributed by atoms with Crippen LogP contribution < -0.4 is 0 Å². The van der Waals surface area contributed by atoms with Gasteiger partial charge in [-0.25, -0.2) is 0 Å². The Hall–Kier alpha value is 0.576. The predicted octanol–water partition coefficient (Wildman–Crippen LogP) is 0.950. The molecule has 0 heterocycles. The molecule has 1 atom stereocenters. The summed E-state index contributed by atoms with van der Waals surface area (Å²) in [6.45, 7) is 4.82. The Balaban J connectivity index is 0. The van der Waals surface area contributed by atoms with Crippen molar-refractivity contribution in [1.29, 1.82) is 0 Å². The molecule has 5 heteroatoms. The van der Waals surface area contributed by atoms with Crippen molar-refractivity contribution in [3.05, 3.63) is 0 Å². The van der Waals surface area contributed by atoms with Gasteiger partial charge in [0, 0.05) is 0 Å². The summed E-state index contributed by atoms with van der Waals surface area (Å²) < 4.78 is 0. The van der Waals surface area contributed by atoms with E-state index in [1.807, 2.05) is 6.92 Å². The average molecular weight is 228 g/mol. The van der Waals surface area contributed by atoms with E-state index in [0.717, 1.165) is 6.42 Å². The van der Waals surface area contributed by atoms with Gasteiger partial charge in [-0.2, -0.15) is 0 Å². The molecule has 0 aliphatic heterocycles. The Labute approximate surface area is 126 Å². The van der Waals surface area contributed by atoms with Gasteiger partial charge in [-0.05, 0) is 19.3 Å². The van der Waals surface area contributed by atoms with Crippen LogP contribution in [0.5, 0.6) is 0 Å². The van der Waals surface area contributed by atoms with E-state index in [1.54, 1.807) is 6.92 Å². The van der Waals surface area contributed by atoms with Crippen LogP contribution in [0.15, 0.2) is 0 Å². The second-order valence-electron chi connectivity index (χ2n) is 3.50. The minimum atomic E-state index is -1.66. The van der Waals surface area contributed by atoms with Crippen molar-refractivity contribution >= 4 is 63.3 Å². The zero-order valence-electron chi connectivity index (χ0n) is 8.20. The summed E-state index contributed by atoms with van der Waals surface area (Å²) >= 11 is 0. The van der Waals surface area contributed by atoms with Gasteiger partial charge in [0.2, 0.25) is 0 Å². The second-order valence-corrected chi connectivity index (χ2v) is 3.50. The molecule has 0 spiro atoms. The molecule has 0 rings (SSSR count). The minimum absolute atomic E-state index is 0. The van der Waals surface area contributed by atoms with Crippen LogP contribution in [0.25, 0.3) is 0 Å². The SMILES string of the molecule is CCCC(C)C(C)(C(=O)O)C(=O)O.[KH]. The summed E-state index contributed by atoms with van der Waals surface area (Å²) in [6, 6.07) is 0. The van der Waals surface area contributed by atoms with Crippen LogP contribution in [0.3, 0.4) is 0 Å². The Morgan fingerprint density at radius 1 is 1.29 bits per heavy atom. The average Bonchev–Trinajstić information content (AvgIpc) is 2.02. The van der Waals surface area contributed by atoms with Gasteiger partial charge in [0.15, 0.2) is 5.41 Å². The second kappa shape index (κ2) is 6.95. The van der Waals surface area contributed by atoms with Crippen molar-refractivity contribution in [3.8, 4) is 0 Å². The first-order valence-electron chi connectivity index (χ1n) is 4.34. The topological polar surface area (TPSA) is 74.6 Å². The normalized spacial score (nSPS) is 12.8. The third-order valence-corrected chi connectivity index (χ3v) is 2.60. The van der Waals surface area contributed by atoms with Crippen LogP contribution >= 0.6 is 0 Å². The van der Waals surface area contributed by atoms with Crippen LogP contribution in [0.4, 0.5) is 0 Å².